The van der Waals surface area contributed by atoms with Gasteiger partial charge in [-0.2, -0.15) is 0 Å². The summed E-state index contributed by atoms with van der Waals surface area (Å²) in [6.45, 7) is 4.06. The van der Waals surface area contributed by atoms with E-state index in [0.29, 0.717) is 6.04 Å². The van der Waals surface area contributed by atoms with Crippen molar-refractivity contribution < 1.29 is 0 Å². The first-order valence-electron chi connectivity index (χ1n) is 7.11. The van der Waals surface area contributed by atoms with E-state index in [-0.39, 0.29) is 0 Å². The topological polar surface area (TPSA) is 34.8 Å². The second kappa shape index (κ2) is 5.21. The van der Waals surface area contributed by atoms with E-state index in [0.717, 1.165) is 18.9 Å². The quantitative estimate of drug-likeness (QED) is 0.913. The number of rotatable bonds is 4. The maximum Gasteiger partial charge on any atom is 0.105 e. The largest absolute Gasteiger partial charge is 0.352 e. The lowest BCUT2D eigenvalue weighted by Crippen LogP contribution is -2.20. The van der Waals surface area contributed by atoms with E-state index in [1.165, 1.54) is 30.4 Å². The molecule has 0 aliphatic heterocycles. The lowest BCUT2D eigenvalue weighted by atomic mass is 9.91. The molecule has 0 fully saturated rings. The fourth-order valence-corrected chi connectivity index (χ4v) is 3.04. The van der Waals surface area contributed by atoms with E-state index in [1.807, 2.05) is 6.20 Å². The molecule has 2 heterocycles. The number of imidazole rings is 1. The summed E-state index contributed by atoms with van der Waals surface area (Å²) < 4.78 is 4.54. The monoisotopic (exact) mass is 258 g/mol. The third-order valence-electron chi connectivity index (χ3n) is 4.18. The van der Waals surface area contributed by atoms with Crippen molar-refractivity contribution >= 4 is 0 Å². The lowest BCUT2D eigenvalue weighted by Gasteiger charge is -2.21. The normalized spacial score (nSPS) is 18.5. The molecule has 2 aromatic rings. The molecular weight excluding hydrogens is 236 g/mol. The Labute approximate surface area is 114 Å². The molecule has 1 aliphatic rings. The Hall–Kier alpha value is -1.55. The van der Waals surface area contributed by atoms with E-state index >= 15 is 0 Å². The highest BCUT2D eigenvalue weighted by Crippen LogP contribution is 2.30. The molecule has 102 valence electrons. The van der Waals surface area contributed by atoms with Crippen molar-refractivity contribution in [2.75, 3.05) is 7.05 Å². The summed E-state index contributed by atoms with van der Waals surface area (Å²) in [5.41, 5.74) is 3.02. The average Bonchev–Trinajstić information content (AvgIpc) is 3.01. The Balaban J connectivity index is 1.72. The van der Waals surface area contributed by atoms with Crippen LogP contribution in [0.15, 0.2) is 24.8 Å². The summed E-state index contributed by atoms with van der Waals surface area (Å²) in [6, 6.07) is 0.542. The van der Waals surface area contributed by atoms with E-state index in [1.54, 1.807) is 0 Å². The Morgan fingerprint density at radius 1 is 1.37 bits per heavy atom. The molecular formula is C15H22N4. The second-order valence-corrected chi connectivity index (χ2v) is 5.38. The van der Waals surface area contributed by atoms with Crippen LogP contribution in [0.25, 0.3) is 0 Å². The van der Waals surface area contributed by atoms with Crippen LogP contribution in [0.1, 0.15) is 35.8 Å². The molecule has 0 bridgehead atoms. The van der Waals surface area contributed by atoms with Crippen molar-refractivity contribution in [3.8, 4) is 0 Å². The van der Waals surface area contributed by atoms with Gasteiger partial charge in [-0.25, -0.2) is 4.98 Å². The maximum absolute atomic E-state index is 4.26. The van der Waals surface area contributed by atoms with Gasteiger partial charge in [0.1, 0.15) is 5.82 Å². The predicted octanol–water partition coefficient (Wildman–Crippen LogP) is 2.29. The molecule has 0 aromatic carbocycles. The SMILES string of the molecule is CNC1CCCc2cn(CCn3ccnc3C)cc21. The van der Waals surface area contributed by atoms with Gasteiger partial charge >= 0.3 is 0 Å². The molecule has 4 nitrogen and oxygen atoms in total. The van der Waals surface area contributed by atoms with Gasteiger partial charge in [0.05, 0.1) is 0 Å². The van der Waals surface area contributed by atoms with Crippen molar-refractivity contribution in [2.24, 2.45) is 0 Å². The molecule has 0 amide bonds. The molecule has 1 atom stereocenters. The van der Waals surface area contributed by atoms with Crippen molar-refractivity contribution in [3.05, 3.63) is 41.7 Å². The van der Waals surface area contributed by atoms with E-state index in [4.69, 9.17) is 0 Å². The van der Waals surface area contributed by atoms with Gasteiger partial charge in [0, 0.05) is 43.9 Å². The van der Waals surface area contributed by atoms with E-state index in [2.05, 4.69) is 52.0 Å². The highest BCUT2D eigenvalue weighted by atomic mass is 15.1. The van der Waals surface area contributed by atoms with Gasteiger partial charge < -0.3 is 14.5 Å². The minimum atomic E-state index is 0.542. The van der Waals surface area contributed by atoms with Crippen LogP contribution in [-0.2, 0) is 19.5 Å². The molecule has 4 heteroatoms. The Morgan fingerprint density at radius 3 is 3.00 bits per heavy atom. The zero-order chi connectivity index (χ0) is 13.2. The fraction of sp³-hybridized carbons (Fsp3) is 0.533. The first-order valence-corrected chi connectivity index (χ1v) is 7.11. The summed E-state index contributed by atoms with van der Waals surface area (Å²) in [4.78, 5) is 4.26. The van der Waals surface area contributed by atoms with Gasteiger partial charge in [0.25, 0.3) is 0 Å². The minimum Gasteiger partial charge on any atom is -0.352 e. The standard InChI is InChI=1S/C15H22N4/c1-12-17-6-7-19(12)9-8-18-10-13-4-3-5-15(16-2)14(13)11-18/h6-7,10-11,15-16H,3-5,8-9H2,1-2H3. The smallest absolute Gasteiger partial charge is 0.105 e. The summed E-state index contributed by atoms with van der Waals surface area (Å²) in [5.74, 6) is 1.09. The molecule has 0 saturated carbocycles. The van der Waals surface area contributed by atoms with Crippen LogP contribution >= 0.6 is 0 Å². The van der Waals surface area contributed by atoms with Crippen molar-refractivity contribution in [1.29, 1.82) is 0 Å². The Kier molecular flexibility index (Phi) is 3.42. The van der Waals surface area contributed by atoms with Gasteiger partial charge in [-0.3, -0.25) is 0 Å². The summed E-state index contributed by atoms with van der Waals surface area (Å²) in [7, 11) is 2.06. The number of aryl methyl sites for hydroxylation is 4. The predicted molar refractivity (Wildman–Crippen MR) is 76.1 cm³/mol. The van der Waals surface area contributed by atoms with Gasteiger partial charge in [0.15, 0.2) is 0 Å². The number of hydrogen-bond acceptors (Lipinski definition) is 2. The number of nitrogens with one attached hydrogen (secondary N) is 1. The molecule has 0 saturated heterocycles. The Bertz CT molecular complexity index is 552. The lowest BCUT2D eigenvalue weighted by molar-refractivity contribution is 0.498. The van der Waals surface area contributed by atoms with Gasteiger partial charge in [-0.1, -0.05) is 0 Å². The van der Waals surface area contributed by atoms with Crippen LogP contribution < -0.4 is 5.32 Å². The van der Waals surface area contributed by atoms with Gasteiger partial charge in [-0.05, 0) is 44.4 Å². The highest BCUT2D eigenvalue weighted by Gasteiger charge is 2.20. The average molecular weight is 258 g/mol. The van der Waals surface area contributed by atoms with Crippen LogP contribution in [0.5, 0.6) is 0 Å². The summed E-state index contributed by atoms with van der Waals surface area (Å²) in [5, 5.41) is 3.42. The molecule has 1 unspecified atom stereocenters. The van der Waals surface area contributed by atoms with Crippen molar-refractivity contribution in [1.82, 2.24) is 19.4 Å². The molecule has 3 rings (SSSR count). The first-order chi connectivity index (χ1) is 9.28. The van der Waals surface area contributed by atoms with E-state index < -0.39 is 0 Å². The minimum absolute atomic E-state index is 0.542. The highest BCUT2D eigenvalue weighted by molar-refractivity contribution is 5.30. The van der Waals surface area contributed by atoms with Crippen LogP contribution in [0.2, 0.25) is 0 Å². The molecule has 0 spiro atoms. The third-order valence-corrected chi connectivity index (χ3v) is 4.18. The van der Waals surface area contributed by atoms with E-state index in [9.17, 15) is 0 Å². The summed E-state index contributed by atoms with van der Waals surface area (Å²) in [6.07, 6.45) is 12.3. The van der Waals surface area contributed by atoms with Crippen LogP contribution in [0.4, 0.5) is 0 Å². The zero-order valence-electron chi connectivity index (χ0n) is 11.8. The van der Waals surface area contributed by atoms with Crippen LogP contribution in [-0.4, -0.2) is 21.2 Å². The number of hydrogen-bond donors (Lipinski definition) is 1. The summed E-state index contributed by atoms with van der Waals surface area (Å²) >= 11 is 0. The molecule has 2 aromatic heterocycles. The molecule has 1 N–H and O–H groups in total. The molecule has 1 aliphatic carbocycles. The maximum atomic E-state index is 4.26. The van der Waals surface area contributed by atoms with Crippen LogP contribution in [0, 0.1) is 6.92 Å². The van der Waals surface area contributed by atoms with Gasteiger partial charge in [0.2, 0.25) is 0 Å². The Morgan fingerprint density at radius 2 is 2.26 bits per heavy atom. The van der Waals surface area contributed by atoms with Gasteiger partial charge in [-0.15, -0.1) is 0 Å². The van der Waals surface area contributed by atoms with Crippen molar-refractivity contribution in [2.45, 2.75) is 45.3 Å². The first kappa shape index (κ1) is 12.5. The van der Waals surface area contributed by atoms with Crippen molar-refractivity contribution in [3.63, 3.8) is 0 Å². The second-order valence-electron chi connectivity index (χ2n) is 5.38. The number of nitrogens with zero attached hydrogens (tertiary/aromatic N) is 3. The number of fused-ring (bicyclic) bond motifs is 1. The fourth-order valence-electron chi connectivity index (χ4n) is 3.04. The van der Waals surface area contributed by atoms with Crippen LogP contribution in [0.3, 0.4) is 0 Å². The number of aromatic nitrogens is 3. The third kappa shape index (κ3) is 2.45. The molecule has 19 heavy (non-hydrogen) atoms. The molecule has 0 radical (unpaired) electrons. The zero-order valence-corrected chi connectivity index (χ0v) is 11.8.